The van der Waals surface area contributed by atoms with Crippen molar-refractivity contribution in [2.75, 3.05) is 13.6 Å². The van der Waals surface area contributed by atoms with Gasteiger partial charge in [-0.2, -0.15) is 0 Å². The maximum absolute atomic E-state index is 11.7. The highest BCUT2D eigenvalue weighted by atomic mass is 32.1. The Morgan fingerprint density at radius 2 is 2.28 bits per heavy atom. The number of aliphatic carboxylic acids is 1. The zero-order valence-corrected chi connectivity index (χ0v) is 11.4. The van der Waals surface area contributed by atoms with Crippen molar-refractivity contribution in [3.05, 3.63) is 22.4 Å². The molecule has 0 saturated carbocycles. The molecule has 18 heavy (non-hydrogen) atoms. The van der Waals surface area contributed by atoms with Crippen LogP contribution in [0.2, 0.25) is 0 Å². The van der Waals surface area contributed by atoms with Crippen LogP contribution in [0.1, 0.15) is 18.2 Å². The summed E-state index contributed by atoms with van der Waals surface area (Å²) in [5, 5.41) is 13.3. The first-order valence-corrected chi connectivity index (χ1v) is 6.63. The lowest BCUT2D eigenvalue weighted by Crippen LogP contribution is -2.43. The number of carbonyl (C=O) groups excluding carboxylic acids is 1. The van der Waals surface area contributed by atoms with Gasteiger partial charge in [0.2, 0.25) is 0 Å². The molecule has 5 nitrogen and oxygen atoms in total. The third-order valence-electron chi connectivity index (χ3n) is 2.47. The van der Waals surface area contributed by atoms with Gasteiger partial charge in [-0.15, -0.1) is 11.3 Å². The number of amides is 2. The van der Waals surface area contributed by atoms with E-state index >= 15 is 0 Å². The van der Waals surface area contributed by atoms with Gasteiger partial charge in [0.05, 0.1) is 6.42 Å². The van der Waals surface area contributed by atoms with Crippen molar-refractivity contribution in [1.82, 2.24) is 10.2 Å². The molecule has 1 atom stereocenters. The fraction of sp³-hybridized carbons (Fsp3) is 0.500. The monoisotopic (exact) mass is 270 g/mol. The van der Waals surface area contributed by atoms with E-state index in [0.717, 1.165) is 6.42 Å². The molecule has 0 radical (unpaired) electrons. The van der Waals surface area contributed by atoms with Gasteiger partial charge in [-0.1, -0.05) is 6.07 Å². The normalized spacial score (nSPS) is 11.9. The van der Waals surface area contributed by atoms with Crippen LogP contribution in [0, 0.1) is 0 Å². The number of likely N-dealkylation sites (N-methyl/N-ethyl adjacent to an activating group) is 1. The van der Waals surface area contributed by atoms with Crippen LogP contribution in [0.3, 0.4) is 0 Å². The molecule has 0 saturated heterocycles. The van der Waals surface area contributed by atoms with E-state index in [2.05, 4.69) is 5.32 Å². The van der Waals surface area contributed by atoms with E-state index in [9.17, 15) is 9.59 Å². The average Bonchev–Trinajstić information content (AvgIpc) is 2.77. The van der Waals surface area contributed by atoms with Gasteiger partial charge in [0, 0.05) is 24.5 Å². The lowest BCUT2D eigenvalue weighted by atomic mass is 10.2. The minimum Gasteiger partial charge on any atom is -0.481 e. The summed E-state index contributed by atoms with van der Waals surface area (Å²) in [5.41, 5.74) is 0. The van der Waals surface area contributed by atoms with Crippen molar-refractivity contribution in [2.45, 2.75) is 25.8 Å². The molecule has 0 aliphatic rings. The third kappa shape index (κ3) is 5.18. The van der Waals surface area contributed by atoms with E-state index in [1.54, 1.807) is 30.2 Å². The molecule has 1 unspecified atom stereocenters. The first kappa shape index (κ1) is 14.5. The standard InChI is InChI=1S/C12H18N2O3S/c1-9(8-11(15)16)13-12(17)14(2)6-5-10-4-3-7-18-10/h3-4,7,9H,5-6,8H2,1-2H3,(H,13,17)(H,15,16). The maximum atomic E-state index is 11.7. The highest BCUT2D eigenvalue weighted by Crippen LogP contribution is 2.09. The van der Waals surface area contributed by atoms with Crippen LogP contribution in [-0.2, 0) is 11.2 Å². The highest BCUT2D eigenvalue weighted by Gasteiger charge is 2.14. The number of carboxylic acid groups (broad SMARTS) is 1. The van der Waals surface area contributed by atoms with Gasteiger partial charge in [0.25, 0.3) is 0 Å². The fourth-order valence-electron chi connectivity index (χ4n) is 1.47. The van der Waals surface area contributed by atoms with Gasteiger partial charge in [0.1, 0.15) is 0 Å². The second kappa shape index (κ2) is 7.00. The molecule has 1 heterocycles. The number of hydrogen-bond donors (Lipinski definition) is 2. The molecular formula is C12H18N2O3S. The molecule has 2 amide bonds. The van der Waals surface area contributed by atoms with Crippen LogP contribution >= 0.6 is 11.3 Å². The third-order valence-corrected chi connectivity index (χ3v) is 3.41. The summed E-state index contributed by atoms with van der Waals surface area (Å²) >= 11 is 1.66. The van der Waals surface area contributed by atoms with Crippen molar-refractivity contribution < 1.29 is 14.7 Å². The topological polar surface area (TPSA) is 69.6 Å². The molecule has 0 aromatic carbocycles. The molecular weight excluding hydrogens is 252 g/mol. The minimum absolute atomic E-state index is 0.0650. The Morgan fingerprint density at radius 1 is 1.56 bits per heavy atom. The smallest absolute Gasteiger partial charge is 0.317 e. The molecule has 1 rings (SSSR count). The largest absolute Gasteiger partial charge is 0.481 e. The second-order valence-electron chi connectivity index (χ2n) is 4.20. The van der Waals surface area contributed by atoms with E-state index < -0.39 is 5.97 Å². The molecule has 6 heteroatoms. The van der Waals surface area contributed by atoms with Gasteiger partial charge in [-0.3, -0.25) is 4.79 Å². The van der Waals surface area contributed by atoms with Gasteiger partial charge >= 0.3 is 12.0 Å². The summed E-state index contributed by atoms with van der Waals surface area (Å²) in [7, 11) is 1.70. The zero-order chi connectivity index (χ0) is 13.5. The van der Waals surface area contributed by atoms with Gasteiger partial charge < -0.3 is 15.3 Å². The first-order valence-electron chi connectivity index (χ1n) is 5.75. The number of carbonyl (C=O) groups is 2. The van der Waals surface area contributed by atoms with Crippen molar-refractivity contribution in [1.29, 1.82) is 0 Å². The number of thiophene rings is 1. The van der Waals surface area contributed by atoms with Crippen LogP contribution in [-0.4, -0.2) is 41.6 Å². The number of hydrogen-bond acceptors (Lipinski definition) is 3. The Bertz CT molecular complexity index is 392. The number of carboxylic acids is 1. The summed E-state index contributed by atoms with van der Waals surface area (Å²) in [4.78, 5) is 25.0. The summed E-state index contributed by atoms with van der Waals surface area (Å²) in [6.45, 7) is 2.30. The molecule has 0 bridgehead atoms. The lowest BCUT2D eigenvalue weighted by molar-refractivity contribution is -0.137. The quantitative estimate of drug-likeness (QED) is 0.828. The van der Waals surface area contributed by atoms with Crippen LogP contribution in [0.5, 0.6) is 0 Å². The Labute approximate surface area is 110 Å². The minimum atomic E-state index is -0.913. The van der Waals surface area contributed by atoms with E-state index in [0.29, 0.717) is 6.54 Å². The van der Waals surface area contributed by atoms with Gasteiger partial charge in [0.15, 0.2) is 0 Å². The fourth-order valence-corrected chi connectivity index (χ4v) is 2.17. The second-order valence-corrected chi connectivity index (χ2v) is 5.23. The number of nitrogens with one attached hydrogen (secondary N) is 1. The Morgan fingerprint density at radius 3 is 2.83 bits per heavy atom. The van der Waals surface area contributed by atoms with Crippen molar-refractivity contribution in [3.63, 3.8) is 0 Å². The van der Waals surface area contributed by atoms with Crippen molar-refractivity contribution >= 4 is 23.3 Å². The lowest BCUT2D eigenvalue weighted by Gasteiger charge is -2.20. The summed E-state index contributed by atoms with van der Waals surface area (Å²) in [5.74, 6) is -0.913. The predicted molar refractivity (Wildman–Crippen MR) is 70.9 cm³/mol. The van der Waals surface area contributed by atoms with Gasteiger partial charge in [-0.25, -0.2) is 4.79 Å². The van der Waals surface area contributed by atoms with Crippen molar-refractivity contribution in [2.24, 2.45) is 0 Å². The molecule has 0 aliphatic carbocycles. The van der Waals surface area contributed by atoms with E-state index in [1.165, 1.54) is 4.88 Å². The zero-order valence-electron chi connectivity index (χ0n) is 10.5. The van der Waals surface area contributed by atoms with E-state index in [1.807, 2.05) is 17.5 Å². The van der Waals surface area contributed by atoms with Crippen LogP contribution in [0.4, 0.5) is 4.79 Å². The maximum Gasteiger partial charge on any atom is 0.317 e. The molecule has 0 aliphatic heterocycles. The molecule has 1 aromatic heterocycles. The predicted octanol–water partition coefficient (Wildman–Crippen LogP) is 1.80. The number of nitrogens with zero attached hydrogens (tertiary/aromatic N) is 1. The van der Waals surface area contributed by atoms with Crippen LogP contribution < -0.4 is 5.32 Å². The first-order chi connectivity index (χ1) is 8.49. The SMILES string of the molecule is CC(CC(=O)O)NC(=O)N(C)CCc1cccs1. The van der Waals surface area contributed by atoms with E-state index in [4.69, 9.17) is 5.11 Å². The average molecular weight is 270 g/mol. The van der Waals surface area contributed by atoms with Gasteiger partial charge in [-0.05, 0) is 24.8 Å². The molecule has 100 valence electrons. The Kier molecular flexibility index (Phi) is 5.64. The van der Waals surface area contributed by atoms with E-state index in [-0.39, 0.29) is 18.5 Å². The summed E-state index contributed by atoms with van der Waals surface area (Å²) in [6, 6.07) is 3.41. The molecule has 2 N–H and O–H groups in total. The summed E-state index contributed by atoms with van der Waals surface area (Å²) < 4.78 is 0. The molecule has 0 fully saturated rings. The molecule has 1 aromatic rings. The van der Waals surface area contributed by atoms with Crippen LogP contribution in [0.25, 0.3) is 0 Å². The highest BCUT2D eigenvalue weighted by molar-refractivity contribution is 7.09. The number of urea groups is 1. The van der Waals surface area contributed by atoms with Crippen LogP contribution in [0.15, 0.2) is 17.5 Å². The Balaban J connectivity index is 2.30. The van der Waals surface area contributed by atoms with Crippen molar-refractivity contribution in [3.8, 4) is 0 Å². The summed E-state index contributed by atoms with van der Waals surface area (Å²) in [6.07, 6.45) is 0.749. The number of rotatable bonds is 6. The molecule has 0 spiro atoms. The Hall–Kier alpha value is -1.56.